The Labute approximate surface area is 207 Å². The molecule has 4 rings (SSSR count). The Morgan fingerprint density at radius 1 is 0.657 bits per heavy atom. The minimum absolute atomic E-state index is 0.0370. The zero-order valence-corrected chi connectivity index (χ0v) is 20.0. The van der Waals surface area contributed by atoms with E-state index in [1.54, 1.807) is 48.5 Å². The molecule has 0 saturated heterocycles. The molecule has 5 nitrogen and oxygen atoms in total. The Morgan fingerprint density at radius 2 is 1.17 bits per heavy atom. The van der Waals surface area contributed by atoms with Crippen LogP contribution in [0.2, 0.25) is 0 Å². The van der Waals surface area contributed by atoms with Crippen molar-refractivity contribution in [1.29, 1.82) is 0 Å². The molecule has 0 radical (unpaired) electrons. The summed E-state index contributed by atoms with van der Waals surface area (Å²) in [7, 11) is -2.46. The molecule has 0 atom stereocenters. The van der Waals surface area contributed by atoms with Crippen molar-refractivity contribution < 1.29 is 13.2 Å². The van der Waals surface area contributed by atoms with Crippen LogP contribution in [0.15, 0.2) is 115 Å². The summed E-state index contributed by atoms with van der Waals surface area (Å²) in [6.45, 7) is 1.51. The van der Waals surface area contributed by atoms with Crippen LogP contribution in [-0.4, -0.2) is 30.6 Å². The van der Waals surface area contributed by atoms with Crippen LogP contribution in [0.25, 0.3) is 0 Å². The lowest BCUT2D eigenvalue weighted by Crippen LogP contribution is -2.29. The summed E-state index contributed by atoms with van der Waals surface area (Å²) in [5.74, 6) is -0.0370. The lowest BCUT2D eigenvalue weighted by molar-refractivity contribution is 0.0920. The highest BCUT2D eigenvalue weighted by molar-refractivity contribution is 7.73. The molecule has 0 aliphatic rings. The molecule has 0 saturated carbocycles. The van der Waals surface area contributed by atoms with Gasteiger partial charge in [-0.05, 0) is 23.3 Å². The highest BCUT2D eigenvalue weighted by atomic mass is 32.2. The van der Waals surface area contributed by atoms with Crippen LogP contribution in [0.5, 0.6) is 0 Å². The van der Waals surface area contributed by atoms with E-state index in [1.165, 1.54) is 0 Å². The third kappa shape index (κ3) is 6.99. The zero-order chi connectivity index (χ0) is 24.5. The van der Waals surface area contributed by atoms with Crippen molar-refractivity contribution in [3.63, 3.8) is 0 Å². The van der Waals surface area contributed by atoms with Gasteiger partial charge in [-0.3, -0.25) is 9.69 Å². The minimum atomic E-state index is -2.46. The van der Waals surface area contributed by atoms with Crippen LogP contribution < -0.4 is 5.32 Å². The third-order valence-electron chi connectivity index (χ3n) is 5.51. The Kier molecular flexibility index (Phi) is 8.22. The van der Waals surface area contributed by atoms with E-state index in [4.69, 9.17) is 0 Å². The number of hydrogen-bond donors (Lipinski definition) is 1. The summed E-state index contributed by atoms with van der Waals surface area (Å²) in [6.07, 6.45) is 0. The van der Waals surface area contributed by atoms with Gasteiger partial charge in [0.25, 0.3) is 0 Å². The van der Waals surface area contributed by atoms with Gasteiger partial charge in [0.05, 0.1) is 6.54 Å². The van der Waals surface area contributed by atoms with Crippen LogP contribution in [0, 0.1) is 0 Å². The number of nitrogens with one attached hydrogen (secondary N) is 1. The van der Waals surface area contributed by atoms with E-state index in [0.29, 0.717) is 29.9 Å². The fourth-order valence-electron chi connectivity index (χ4n) is 3.85. The molecule has 4 aromatic carbocycles. The van der Waals surface area contributed by atoms with Crippen LogP contribution in [0.4, 0.5) is 5.69 Å². The molecule has 4 aromatic rings. The van der Waals surface area contributed by atoms with Gasteiger partial charge in [-0.2, -0.15) is 8.42 Å². The first-order valence-electron chi connectivity index (χ1n) is 11.3. The number of ketones is 1. The number of nitrogens with zero attached hydrogens (tertiary/aromatic N) is 1. The van der Waals surface area contributed by atoms with Gasteiger partial charge in [0.2, 0.25) is 10.3 Å². The number of carbonyl (C=O) groups excluding carboxylic acids is 1. The first-order valence-corrected chi connectivity index (χ1v) is 12.4. The maximum Gasteiger partial charge on any atom is 0.238 e. The van der Waals surface area contributed by atoms with Crippen molar-refractivity contribution in [1.82, 2.24) is 4.90 Å². The molecular weight excluding hydrogens is 456 g/mol. The second-order valence-corrected chi connectivity index (χ2v) is 9.05. The summed E-state index contributed by atoms with van der Waals surface area (Å²) >= 11 is 0. The van der Waals surface area contributed by atoms with E-state index in [9.17, 15) is 13.2 Å². The van der Waals surface area contributed by atoms with Gasteiger partial charge >= 0.3 is 0 Å². The number of rotatable bonds is 9. The Morgan fingerprint density at radius 3 is 1.71 bits per heavy atom. The van der Waals surface area contributed by atoms with Crippen LogP contribution in [0.1, 0.15) is 27.0 Å². The Bertz CT molecular complexity index is 1350. The predicted octanol–water partition coefficient (Wildman–Crippen LogP) is 5.04. The highest BCUT2D eigenvalue weighted by Crippen LogP contribution is 2.16. The molecule has 0 unspecified atom stereocenters. The van der Waals surface area contributed by atoms with Gasteiger partial charge in [0.1, 0.15) is 0 Å². The number of Topliss-reactive ketones (excluding diaryl/α,β-unsaturated/α-hetero) is 1. The molecule has 35 heavy (non-hydrogen) atoms. The van der Waals surface area contributed by atoms with Crippen molar-refractivity contribution >= 4 is 26.8 Å². The minimum Gasteiger partial charge on any atom is -0.342 e. The molecule has 0 fully saturated rings. The summed E-state index contributed by atoms with van der Waals surface area (Å²) in [5.41, 5.74) is 3.87. The van der Waals surface area contributed by atoms with E-state index in [0.717, 1.165) is 11.1 Å². The van der Waals surface area contributed by atoms with E-state index in [-0.39, 0.29) is 17.3 Å². The molecule has 0 heterocycles. The van der Waals surface area contributed by atoms with Gasteiger partial charge in [0, 0.05) is 29.9 Å². The molecule has 0 amide bonds. The topological polar surface area (TPSA) is 66.5 Å². The Hall–Kier alpha value is -4.00. The SMILES string of the molecule is O=C(CN(Cc1ccccc1)Cc1ccccc1)c1cccc(NC(c2ccccc2)=S(=O)=O)c1. The van der Waals surface area contributed by atoms with Crippen molar-refractivity contribution in [3.05, 3.63) is 138 Å². The quantitative estimate of drug-likeness (QED) is 0.267. The van der Waals surface area contributed by atoms with E-state index in [2.05, 4.69) is 34.5 Å². The number of hydrogen-bond acceptors (Lipinski definition) is 4. The largest absolute Gasteiger partial charge is 0.342 e. The molecule has 0 aliphatic carbocycles. The standard InChI is InChI=1S/C29H26N2O3S/c32-28(22-31(20-23-11-4-1-5-12-23)21-24-13-6-2-7-14-24)26-17-10-18-27(19-26)30-29(35(33)34)25-15-8-3-9-16-25/h1-19,30H,20-22H2. The maximum atomic E-state index is 13.3. The second-order valence-electron chi connectivity index (χ2n) is 8.18. The van der Waals surface area contributed by atoms with E-state index >= 15 is 0 Å². The lowest BCUT2D eigenvalue weighted by Gasteiger charge is -2.22. The maximum absolute atomic E-state index is 13.3. The molecule has 0 bridgehead atoms. The zero-order valence-electron chi connectivity index (χ0n) is 19.2. The smallest absolute Gasteiger partial charge is 0.238 e. The van der Waals surface area contributed by atoms with Gasteiger partial charge < -0.3 is 5.32 Å². The summed E-state index contributed by atoms with van der Waals surface area (Å²) in [6, 6.07) is 35.9. The van der Waals surface area contributed by atoms with Gasteiger partial charge in [-0.15, -0.1) is 0 Å². The van der Waals surface area contributed by atoms with Crippen molar-refractivity contribution in [2.75, 3.05) is 11.9 Å². The Balaban J connectivity index is 1.53. The molecule has 0 aromatic heterocycles. The monoisotopic (exact) mass is 482 g/mol. The summed E-state index contributed by atoms with van der Waals surface area (Å²) in [4.78, 5) is 15.5. The van der Waals surface area contributed by atoms with Crippen LogP contribution in [-0.2, 0) is 23.4 Å². The number of benzene rings is 4. The second kappa shape index (κ2) is 11.9. The van der Waals surface area contributed by atoms with Crippen molar-refractivity contribution in [3.8, 4) is 0 Å². The molecule has 6 heteroatoms. The fourth-order valence-corrected chi connectivity index (χ4v) is 4.38. The molecule has 0 aliphatic heterocycles. The lowest BCUT2D eigenvalue weighted by atomic mass is 10.1. The first-order chi connectivity index (χ1) is 17.1. The average Bonchev–Trinajstić information content (AvgIpc) is 2.89. The van der Waals surface area contributed by atoms with Crippen molar-refractivity contribution in [2.24, 2.45) is 0 Å². The van der Waals surface area contributed by atoms with E-state index < -0.39 is 10.3 Å². The first kappa shape index (κ1) is 24.1. The van der Waals surface area contributed by atoms with Crippen LogP contribution in [0.3, 0.4) is 0 Å². The average molecular weight is 483 g/mol. The molecule has 0 spiro atoms. The third-order valence-corrected chi connectivity index (χ3v) is 6.18. The van der Waals surface area contributed by atoms with Crippen LogP contribution >= 0.6 is 0 Å². The molecule has 176 valence electrons. The van der Waals surface area contributed by atoms with Crippen molar-refractivity contribution in [2.45, 2.75) is 13.1 Å². The van der Waals surface area contributed by atoms with Gasteiger partial charge in [-0.25, -0.2) is 0 Å². The predicted molar refractivity (Wildman–Crippen MR) is 141 cm³/mol. The molecular formula is C29H26N2O3S. The van der Waals surface area contributed by atoms with E-state index in [1.807, 2.05) is 42.5 Å². The van der Waals surface area contributed by atoms with Gasteiger partial charge in [0.15, 0.2) is 10.8 Å². The highest BCUT2D eigenvalue weighted by Gasteiger charge is 2.15. The number of anilines is 1. The van der Waals surface area contributed by atoms with Gasteiger partial charge in [-0.1, -0.05) is 103 Å². The summed E-state index contributed by atoms with van der Waals surface area (Å²) < 4.78 is 23.7. The fraction of sp³-hybridized carbons (Fsp3) is 0.103. The normalized spacial score (nSPS) is 10.7. The summed E-state index contributed by atoms with van der Waals surface area (Å²) in [5, 5.41) is 2.96. The number of carbonyl (C=O) groups is 1. The molecule has 1 N–H and O–H groups in total.